The van der Waals surface area contributed by atoms with E-state index >= 15 is 0 Å². The fraction of sp³-hybridized carbons (Fsp3) is 0.889. The highest BCUT2D eigenvalue weighted by Gasteiger charge is 2.70. The summed E-state index contributed by atoms with van der Waals surface area (Å²) in [6, 6.07) is -0.759. The zero-order valence-electron chi connectivity index (χ0n) is 29.4. The van der Waals surface area contributed by atoms with E-state index in [0.717, 1.165) is 57.8 Å². The Morgan fingerprint density at radius 3 is 2.30 bits per heavy atom. The van der Waals surface area contributed by atoms with Gasteiger partial charge in [-0.1, -0.05) is 87.1 Å². The van der Waals surface area contributed by atoms with Crippen LogP contribution in [0.4, 0.5) is 0 Å². The molecule has 0 aromatic carbocycles. The second kappa shape index (κ2) is 14.6. The van der Waals surface area contributed by atoms with Crippen LogP contribution in [0.1, 0.15) is 127 Å². The first-order valence-corrected chi connectivity index (χ1v) is 17.4. The van der Waals surface area contributed by atoms with E-state index in [9.17, 15) is 9.59 Å². The van der Waals surface area contributed by atoms with E-state index in [1.54, 1.807) is 7.11 Å². The lowest BCUT2D eigenvalue weighted by Gasteiger charge is -2.45. The molecule has 1 aliphatic heterocycles. The van der Waals surface area contributed by atoms with Crippen molar-refractivity contribution in [2.75, 3.05) is 20.3 Å². The predicted molar refractivity (Wildman–Crippen MR) is 177 cm³/mol. The Balaban J connectivity index is 1.84. The number of likely N-dealkylation sites (tertiary alicyclic amines) is 1. The number of nitrogens with one attached hydrogen (secondary N) is 3. The van der Waals surface area contributed by atoms with Crippen LogP contribution in [0.5, 0.6) is 0 Å². The van der Waals surface area contributed by atoms with Crippen molar-refractivity contribution in [3.63, 3.8) is 0 Å². The zero-order valence-corrected chi connectivity index (χ0v) is 29.4. The molecular formula is C36H66N4O3. The van der Waals surface area contributed by atoms with Crippen molar-refractivity contribution in [2.24, 2.45) is 34.5 Å². The summed E-state index contributed by atoms with van der Waals surface area (Å²) < 4.78 is 5.44. The SMILES string of the molecule is C=C(NC(C(=O)N1C[C@H]2[C@@H](C1C(=O)NC(C)CC(C)CCC)C2(C)C)C1(C)CCCCC1)N[C@@](C)(CCOC)CC(C)C. The van der Waals surface area contributed by atoms with Crippen LogP contribution in [0.3, 0.4) is 0 Å². The third-order valence-corrected chi connectivity index (χ3v) is 11.1. The standard InChI is InChI=1S/C36H66N4O3/c1-12-16-25(4)21-26(5)37-32(41)30-29-28(34(29,7)8)23-40(30)33(42)31(35(9)17-14-13-15-18-35)38-27(6)39-36(10,19-20-43-11)22-24(2)3/h24-26,28-31,38-39H,6,12-23H2,1-5,7-11H3,(H,37,41)/t25?,26?,28-,29-,30?,31?,36-/m0/s1. The molecule has 7 heteroatoms. The first-order valence-electron chi connectivity index (χ1n) is 17.4. The van der Waals surface area contributed by atoms with Crippen molar-refractivity contribution in [3.8, 4) is 0 Å². The lowest BCUT2D eigenvalue weighted by Crippen LogP contribution is -2.61. The largest absolute Gasteiger partial charge is 0.385 e. The molecule has 7 atom stereocenters. The molecule has 2 amide bonds. The second-order valence-electron chi connectivity index (χ2n) is 16.2. The van der Waals surface area contributed by atoms with Gasteiger partial charge in [0.25, 0.3) is 0 Å². The van der Waals surface area contributed by atoms with E-state index in [2.05, 4.69) is 84.8 Å². The van der Waals surface area contributed by atoms with Gasteiger partial charge >= 0.3 is 0 Å². The number of rotatable bonds is 17. The summed E-state index contributed by atoms with van der Waals surface area (Å²) in [4.78, 5) is 30.6. The van der Waals surface area contributed by atoms with Gasteiger partial charge in [0.2, 0.25) is 11.8 Å². The number of carbonyl (C=O) groups excluding carboxylic acids is 2. The number of ether oxygens (including phenoxy) is 1. The van der Waals surface area contributed by atoms with E-state index in [4.69, 9.17) is 4.74 Å². The minimum Gasteiger partial charge on any atom is -0.385 e. The summed E-state index contributed by atoms with van der Waals surface area (Å²) in [5.74, 6) is 2.42. The predicted octanol–water partition coefficient (Wildman–Crippen LogP) is 6.63. The zero-order chi connectivity index (χ0) is 32.2. The van der Waals surface area contributed by atoms with Crippen LogP contribution in [0.15, 0.2) is 12.4 Å². The van der Waals surface area contributed by atoms with E-state index < -0.39 is 12.1 Å². The monoisotopic (exact) mass is 603 g/mol. The van der Waals surface area contributed by atoms with Gasteiger partial charge in [0.15, 0.2) is 0 Å². The van der Waals surface area contributed by atoms with E-state index in [-0.39, 0.29) is 40.1 Å². The summed E-state index contributed by atoms with van der Waals surface area (Å²) in [7, 11) is 1.74. The normalized spacial score (nSPS) is 27.4. The third-order valence-electron chi connectivity index (χ3n) is 11.1. The van der Waals surface area contributed by atoms with Gasteiger partial charge in [-0.25, -0.2) is 0 Å². The van der Waals surface area contributed by atoms with Gasteiger partial charge in [-0.3, -0.25) is 9.59 Å². The maximum Gasteiger partial charge on any atom is 0.246 e. The van der Waals surface area contributed by atoms with Crippen molar-refractivity contribution in [1.29, 1.82) is 0 Å². The second-order valence-corrected chi connectivity index (χ2v) is 16.2. The molecule has 3 N–H and O–H groups in total. The van der Waals surface area contributed by atoms with Crippen LogP contribution < -0.4 is 16.0 Å². The first-order chi connectivity index (χ1) is 20.1. The molecule has 1 heterocycles. The van der Waals surface area contributed by atoms with Crippen LogP contribution in [-0.4, -0.2) is 60.6 Å². The molecule has 3 rings (SSSR count). The van der Waals surface area contributed by atoms with Crippen LogP contribution in [0.2, 0.25) is 0 Å². The van der Waals surface area contributed by atoms with Crippen molar-refractivity contribution >= 4 is 11.8 Å². The number of hydrogen-bond acceptors (Lipinski definition) is 5. The van der Waals surface area contributed by atoms with Crippen LogP contribution in [-0.2, 0) is 14.3 Å². The smallest absolute Gasteiger partial charge is 0.246 e. The lowest BCUT2D eigenvalue weighted by molar-refractivity contribution is -0.145. The highest BCUT2D eigenvalue weighted by Crippen LogP contribution is 2.65. The summed E-state index contributed by atoms with van der Waals surface area (Å²) in [6.45, 7) is 25.8. The summed E-state index contributed by atoms with van der Waals surface area (Å²) in [5, 5.41) is 10.6. The number of nitrogens with zero attached hydrogens (tertiary/aromatic N) is 1. The Labute approximate surface area is 264 Å². The number of hydrogen-bond donors (Lipinski definition) is 3. The quantitative estimate of drug-likeness (QED) is 0.174. The van der Waals surface area contributed by atoms with Gasteiger partial charge in [0.05, 0.1) is 5.82 Å². The molecule has 43 heavy (non-hydrogen) atoms. The Bertz CT molecular complexity index is 958. The fourth-order valence-corrected chi connectivity index (χ4v) is 8.78. The Morgan fingerprint density at radius 1 is 1.07 bits per heavy atom. The molecule has 0 spiro atoms. The number of carbonyl (C=O) groups is 2. The summed E-state index contributed by atoms with van der Waals surface area (Å²) in [6.07, 6.45) is 10.5. The van der Waals surface area contributed by atoms with E-state index in [0.29, 0.717) is 36.7 Å². The van der Waals surface area contributed by atoms with E-state index in [1.807, 2.05) is 4.90 Å². The Hall–Kier alpha value is -1.76. The third kappa shape index (κ3) is 8.70. The van der Waals surface area contributed by atoms with Crippen molar-refractivity contribution < 1.29 is 14.3 Å². The number of amides is 2. The molecular weight excluding hydrogens is 536 g/mol. The molecule has 0 radical (unpaired) electrons. The van der Waals surface area contributed by atoms with Gasteiger partial charge < -0.3 is 25.6 Å². The number of fused-ring (bicyclic) bond motifs is 1. The topological polar surface area (TPSA) is 82.7 Å². The fourth-order valence-electron chi connectivity index (χ4n) is 8.78. The average Bonchev–Trinajstić information content (AvgIpc) is 3.22. The molecule has 2 aliphatic carbocycles. The molecule has 0 aromatic rings. The maximum absolute atomic E-state index is 14.7. The lowest BCUT2D eigenvalue weighted by atomic mass is 9.70. The molecule has 2 saturated carbocycles. The molecule has 0 bridgehead atoms. The maximum atomic E-state index is 14.7. The van der Waals surface area contributed by atoms with Gasteiger partial charge in [0.1, 0.15) is 12.1 Å². The van der Waals surface area contributed by atoms with Gasteiger partial charge in [0, 0.05) is 31.8 Å². The molecule has 3 aliphatic rings. The van der Waals surface area contributed by atoms with Crippen molar-refractivity contribution in [3.05, 3.63) is 12.4 Å². The minimum atomic E-state index is -0.434. The average molecular weight is 603 g/mol. The minimum absolute atomic E-state index is 0.0243. The number of methoxy groups -OCH3 is 1. The molecule has 1 saturated heterocycles. The van der Waals surface area contributed by atoms with Gasteiger partial charge in [-0.15, -0.1) is 0 Å². The molecule has 248 valence electrons. The van der Waals surface area contributed by atoms with Crippen molar-refractivity contribution in [2.45, 2.75) is 150 Å². The van der Waals surface area contributed by atoms with Crippen LogP contribution in [0, 0.1) is 34.5 Å². The van der Waals surface area contributed by atoms with Gasteiger partial charge in [-0.05, 0) is 80.5 Å². The summed E-state index contributed by atoms with van der Waals surface area (Å²) >= 11 is 0. The molecule has 0 aromatic heterocycles. The highest BCUT2D eigenvalue weighted by atomic mass is 16.5. The Kier molecular flexibility index (Phi) is 12.1. The molecule has 7 nitrogen and oxygen atoms in total. The first kappa shape index (κ1) is 35.7. The van der Waals surface area contributed by atoms with Crippen LogP contribution in [0.25, 0.3) is 0 Å². The van der Waals surface area contributed by atoms with Gasteiger partial charge in [-0.2, -0.15) is 0 Å². The Morgan fingerprint density at radius 2 is 1.72 bits per heavy atom. The highest BCUT2D eigenvalue weighted by molar-refractivity contribution is 5.92. The van der Waals surface area contributed by atoms with Crippen molar-refractivity contribution in [1.82, 2.24) is 20.9 Å². The van der Waals surface area contributed by atoms with E-state index in [1.165, 1.54) is 6.42 Å². The van der Waals surface area contributed by atoms with Crippen LogP contribution >= 0.6 is 0 Å². The molecule has 4 unspecified atom stereocenters. The summed E-state index contributed by atoms with van der Waals surface area (Å²) in [5.41, 5.74) is -0.324. The number of piperidine rings is 1. The molecule has 3 fully saturated rings.